The highest BCUT2D eigenvalue weighted by molar-refractivity contribution is 5.77. The minimum atomic E-state index is -0.0700. The molecule has 6 heteroatoms. The number of ether oxygens (including phenoxy) is 3. The number of carbonyl (C=O) groups is 1. The molecule has 0 radical (unpaired) electrons. The lowest BCUT2D eigenvalue weighted by Crippen LogP contribution is -2.45. The number of likely N-dealkylation sites (tertiary alicyclic amines) is 1. The molecule has 0 bridgehead atoms. The zero-order valence-corrected chi connectivity index (χ0v) is 11.6. The van der Waals surface area contributed by atoms with E-state index in [1.54, 1.807) is 7.11 Å². The SMILES string of the molecule is COCCNC(=O)CN1CCCC(C2OCCO2)C1. The zero-order chi connectivity index (χ0) is 13.5. The van der Waals surface area contributed by atoms with Crippen LogP contribution in [0.2, 0.25) is 0 Å². The topological polar surface area (TPSA) is 60.0 Å². The number of nitrogens with zero attached hydrogens (tertiary/aromatic N) is 1. The van der Waals surface area contributed by atoms with E-state index in [1.165, 1.54) is 0 Å². The molecule has 110 valence electrons. The molecule has 2 heterocycles. The van der Waals surface area contributed by atoms with Crippen LogP contribution in [0.1, 0.15) is 12.8 Å². The number of nitrogens with one attached hydrogen (secondary N) is 1. The first-order chi connectivity index (χ1) is 9.29. The third kappa shape index (κ3) is 4.72. The van der Waals surface area contributed by atoms with Gasteiger partial charge in [-0.05, 0) is 19.4 Å². The molecule has 6 nitrogen and oxygen atoms in total. The summed E-state index contributed by atoms with van der Waals surface area (Å²) in [5, 5.41) is 2.85. The van der Waals surface area contributed by atoms with E-state index in [4.69, 9.17) is 14.2 Å². The standard InChI is InChI=1S/C13H24N2O4/c1-17-6-4-14-12(16)10-15-5-2-3-11(9-15)13-18-7-8-19-13/h11,13H,2-10H2,1H3,(H,14,16). The number of hydrogen-bond acceptors (Lipinski definition) is 5. The lowest BCUT2D eigenvalue weighted by Gasteiger charge is -2.34. The predicted octanol–water partition coefficient (Wildman–Crippen LogP) is -0.166. The van der Waals surface area contributed by atoms with Gasteiger partial charge in [-0.15, -0.1) is 0 Å². The van der Waals surface area contributed by atoms with Crippen LogP contribution in [-0.2, 0) is 19.0 Å². The summed E-state index contributed by atoms with van der Waals surface area (Å²) >= 11 is 0. The van der Waals surface area contributed by atoms with Gasteiger partial charge >= 0.3 is 0 Å². The Labute approximate surface area is 114 Å². The third-order valence-electron chi connectivity index (χ3n) is 3.57. The molecular weight excluding hydrogens is 248 g/mol. The van der Waals surface area contributed by atoms with Crippen molar-refractivity contribution in [1.29, 1.82) is 0 Å². The van der Waals surface area contributed by atoms with E-state index in [9.17, 15) is 4.79 Å². The van der Waals surface area contributed by atoms with Gasteiger partial charge in [-0.25, -0.2) is 0 Å². The molecule has 1 amide bonds. The maximum absolute atomic E-state index is 11.7. The highest BCUT2D eigenvalue weighted by atomic mass is 16.7. The van der Waals surface area contributed by atoms with E-state index in [1.807, 2.05) is 0 Å². The van der Waals surface area contributed by atoms with Crippen LogP contribution in [0.3, 0.4) is 0 Å². The van der Waals surface area contributed by atoms with Crippen molar-refractivity contribution in [2.24, 2.45) is 5.92 Å². The number of methoxy groups -OCH3 is 1. The molecular formula is C13H24N2O4. The van der Waals surface area contributed by atoms with Crippen LogP contribution in [-0.4, -0.2) is 70.2 Å². The summed E-state index contributed by atoms with van der Waals surface area (Å²) in [6, 6.07) is 0. The van der Waals surface area contributed by atoms with Crippen LogP contribution in [0.15, 0.2) is 0 Å². The zero-order valence-electron chi connectivity index (χ0n) is 11.6. The Bertz CT molecular complexity index is 282. The van der Waals surface area contributed by atoms with Crippen molar-refractivity contribution in [2.45, 2.75) is 19.1 Å². The Balaban J connectivity index is 1.69. The van der Waals surface area contributed by atoms with Crippen molar-refractivity contribution in [3.63, 3.8) is 0 Å². The highest BCUT2D eigenvalue weighted by Gasteiger charge is 2.31. The highest BCUT2D eigenvalue weighted by Crippen LogP contribution is 2.24. The average Bonchev–Trinajstić information content (AvgIpc) is 2.93. The van der Waals surface area contributed by atoms with Crippen molar-refractivity contribution in [2.75, 3.05) is 53.1 Å². The van der Waals surface area contributed by atoms with Gasteiger partial charge in [0.2, 0.25) is 5.91 Å². The molecule has 19 heavy (non-hydrogen) atoms. The van der Waals surface area contributed by atoms with E-state index in [-0.39, 0.29) is 12.2 Å². The number of hydrogen-bond donors (Lipinski definition) is 1. The van der Waals surface area contributed by atoms with Crippen molar-refractivity contribution in [3.05, 3.63) is 0 Å². The largest absolute Gasteiger partial charge is 0.383 e. The Morgan fingerprint density at radius 2 is 2.21 bits per heavy atom. The minimum absolute atomic E-state index is 0.0611. The number of amides is 1. The number of piperidine rings is 1. The fourth-order valence-corrected chi connectivity index (χ4v) is 2.66. The Hall–Kier alpha value is -0.690. The minimum Gasteiger partial charge on any atom is -0.383 e. The fraction of sp³-hybridized carbons (Fsp3) is 0.923. The second kappa shape index (κ2) is 7.79. The first-order valence-electron chi connectivity index (χ1n) is 7.01. The normalized spacial score (nSPS) is 25.6. The van der Waals surface area contributed by atoms with Gasteiger partial charge in [0.05, 0.1) is 26.4 Å². The van der Waals surface area contributed by atoms with Crippen molar-refractivity contribution in [1.82, 2.24) is 10.2 Å². The van der Waals surface area contributed by atoms with Crippen LogP contribution >= 0.6 is 0 Å². The van der Waals surface area contributed by atoms with E-state index in [2.05, 4.69) is 10.2 Å². The van der Waals surface area contributed by atoms with Gasteiger partial charge < -0.3 is 19.5 Å². The van der Waals surface area contributed by atoms with Crippen LogP contribution in [0.4, 0.5) is 0 Å². The molecule has 0 saturated carbocycles. The van der Waals surface area contributed by atoms with Crippen LogP contribution in [0.25, 0.3) is 0 Å². The molecule has 1 unspecified atom stereocenters. The van der Waals surface area contributed by atoms with Crippen LogP contribution in [0.5, 0.6) is 0 Å². The first-order valence-corrected chi connectivity index (χ1v) is 7.01. The molecule has 1 atom stereocenters. The quantitative estimate of drug-likeness (QED) is 0.681. The van der Waals surface area contributed by atoms with E-state index >= 15 is 0 Å². The smallest absolute Gasteiger partial charge is 0.234 e. The molecule has 0 aromatic rings. The lowest BCUT2D eigenvalue weighted by molar-refractivity contribution is -0.125. The molecule has 0 aromatic carbocycles. The molecule has 1 N–H and O–H groups in total. The van der Waals surface area contributed by atoms with Crippen molar-refractivity contribution in [3.8, 4) is 0 Å². The van der Waals surface area contributed by atoms with Gasteiger partial charge in [0.15, 0.2) is 6.29 Å². The van der Waals surface area contributed by atoms with Crippen molar-refractivity contribution < 1.29 is 19.0 Å². The summed E-state index contributed by atoms with van der Waals surface area (Å²) in [6.07, 6.45) is 2.14. The van der Waals surface area contributed by atoms with E-state index in [0.29, 0.717) is 38.8 Å². The summed E-state index contributed by atoms with van der Waals surface area (Å²) < 4.78 is 16.0. The monoisotopic (exact) mass is 272 g/mol. The Morgan fingerprint density at radius 3 is 2.95 bits per heavy atom. The maximum atomic E-state index is 11.7. The molecule has 0 spiro atoms. The predicted molar refractivity (Wildman–Crippen MR) is 69.7 cm³/mol. The molecule has 2 fully saturated rings. The summed E-state index contributed by atoms with van der Waals surface area (Å²) in [5.41, 5.74) is 0. The second-order valence-corrected chi connectivity index (χ2v) is 5.09. The van der Waals surface area contributed by atoms with Gasteiger partial charge in [0, 0.05) is 26.1 Å². The molecule has 0 aliphatic carbocycles. The third-order valence-corrected chi connectivity index (χ3v) is 3.57. The van der Waals surface area contributed by atoms with E-state index < -0.39 is 0 Å². The molecule has 2 rings (SSSR count). The lowest BCUT2D eigenvalue weighted by atomic mass is 9.97. The van der Waals surface area contributed by atoms with Gasteiger partial charge in [-0.2, -0.15) is 0 Å². The molecule has 0 aromatic heterocycles. The Morgan fingerprint density at radius 1 is 1.42 bits per heavy atom. The van der Waals surface area contributed by atoms with E-state index in [0.717, 1.165) is 25.9 Å². The average molecular weight is 272 g/mol. The van der Waals surface area contributed by atoms with Crippen molar-refractivity contribution >= 4 is 5.91 Å². The van der Waals surface area contributed by atoms with Gasteiger partial charge in [0.25, 0.3) is 0 Å². The number of carbonyl (C=O) groups excluding carboxylic acids is 1. The van der Waals surface area contributed by atoms with Crippen LogP contribution in [0, 0.1) is 5.92 Å². The molecule has 2 saturated heterocycles. The van der Waals surface area contributed by atoms with Crippen LogP contribution < -0.4 is 5.32 Å². The molecule has 2 aliphatic heterocycles. The number of rotatable bonds is 6. The summed E-state index contributed by atoms with van der Waals surface area (Å²) in [6.45, 7) is 4.81. The Kier molecular flexibility index (Phi) is 6.03. The summed E-state index contributed by atoms with van der Waals surface area (Å²) in [7, 11) is 1.63. The first kappa shape index (κ1) is 14.7. The van der Waals surface area contributed by atoms with Gasteiger partial charge in [-0.3, -0.25) is 9.69 Å². The fourth-order valence-electron chi connectivity index (χ4n) is 2.66. The maximum Gasteiger partial charge on any atom is 0.234 e. The second-order valence-electron chi connectivity index (χ2n) is 5.09. The van der Waals surface area contributed by atoms with Gasteiger partial charge in [-0.1, -0.05) is 0 Å². The summed E-state index contributed by atoms with van der Waals surface area (Å²) in [5.74, 6) is 0.453. The molecule has 2 aliphatic rings. The van der Waals surface area contributed by atoms with Gasteiger partial charge in [0.1, 0.15) is 0 Å². The summed E-state index contributed by atoms with van der Waals surface area (Å²) in [4.78, 5) is 13.9.